The van der Waals surface area contributed by atoms with Crippen molar-refractivity contribution in [2.45, 2.75) is 64.2 Å². The van der Waals surface area contributed by atoms with Crippen LogP contribution in [-0.2, 0) is 25.8 Å². The molecule has 0 saturated heterocycles. The highest BCUT2D eigenvalue weighted by Crippen LogP contribution is 2.52. The van der Waals surface area contributed by atoms with Gasteiger partial charge >= 0.3 is 11.9 Å². The number of carboxylic acids is 1. The van der Waals surface area contributed by atoms with E-state index >= 15 is 0 Å². The number of benzene rings is 2. The largest absolute Gasteiger partial charge is 0.478 e. The fourth-order valence-corrected chi connectivity index (χ4v) is 4.00. The summed E-state index contributed by atoms with van der Waals surface area (Å²) in [5, 5.41) is 9.55. The molecular weight excluding hydrogens is 376 g/mol. The fraction of sp³-hybridized carbons (Fsp3) is 0.385. The summed E-state index contributed by atoms with van der Waals surface area (Å²) in [6.07, 6.45) is -0.0463. The summed E-state index contributed by atoms with van der Waals surface area (Å²) in [6, 6.07) is 13.4. The summed E-state index contributed by atoms with van der Waals surface area (Å²) in [4.78, 5) is 25.2. The average molecular weight is 407 g/mol. The van der Waals surface area contributed by atoms with Gasteiger partial charge in [0, 0.05) is 23.1 Å². The van der Waals surface area contributed by atoms with Gasteiger partial charge in [-0.2, -0.15) is 0 Å². The summed E-state index contributed by atoms with van der Waals surface area (Å²) in [5.41, 5.74) is 1.76. The van der Waals surface area contributed by atoms with Crippen molar-refractivity contribution in [3.63, 3.8) is 0 Å². The molecule has 1 unspecified atom stereocenters. The Hall–Kier alpha value is -2.88. The highest BCUT2D eigenvalue weighted by Gasteiger charge is 2.53. The number of fused-ring (bicyclic) bond motifs is 1. The normalized spacial score (nSPS) is 18.7. The Bertz CT molecular complexity index is 1020. The van der Waals surface area contributed by atoms with Gasteiger partial charge in [0.25, 0.3) is 0 Å². The number of hydrogen-bond donors (Lipinski definition) is 1. The number of carbonyl (C=O) groups excluding carboxylic acids is 1. The lowest BCUT2D eigenvalue weighted by molar-refractivity contribution is -0.137. The molecule has 0 fully saturated rings. The molecule has 30 heavy (non-hydrogen) atoms. The number of rotatable bonds is 4. The second kappa shape index (κ2) is 7.12. The quantitative estimate of drug-likeness (QED) is 0.413. The molecule has 0 radical (unpaired) electrons. The lowest BCUT2D eigenvalue weighted by atomic mass is 9.68. The maximum Gasteiger partial charge on any atom is 0.331 e. The molecule has 1 heterocycles. The lowest BCUT2D eigenvalue weighted by Gasteiger charge is -2.30. The Morgan fingerprint density at radius 1 is 1.03 bits per heavy atom. The highest BCUT2D eigenvalue weighted by atomic mass is 16.5. The van der Waals surface area contributed by atoms with Gasteiger partial charge in [-0.25, -0.2) is 4.79 Å². The Morgan fingerprint density at radius 3 is 2.13 bits per heavy atom. The number of carbonyl (C=O) groups is 2. The molecule has 158 valence electrons. The van der Waals surface area contributed by atoms with Crippen LogP contribution >= 0.6 is 0 Å². The van der Waals surface area contributed by atoms with Crippen molar-refractivity contribution in [3.8, 4) is 5.75 Å². The van der Waals surface area contributed by atoms with Crippen molar-refractivity contribution in [2.75, 3.05) is 0 Å². The zero-order valence-electron chi connectivity index (χ0n) is 18.6. The molecule has 2 aromatic rings. The van der Waals surface area contributed by atoms with Crippen molar-refractivity contribution in [1.29, 1.82) is 0 Å². The molecule has 4 nitrogen and oxygen atoms in total. The van der Waals surface area contributed by atoms with E-state index in [1.165, 1.54) is 0 Å². The minimum atomic E-state index is -1.24. The van der Waals surface area contributed by atoms with Gasteiger partial charge in [-0.3, -0.25) is 4.79 Å². The molecule has 1 aliphatic rings. The van der Waals surface area contributed by atoms with Crippen LogP contribution in [0.4, 0.5) is 0 Å². The number of carboxylic acid groups (broad SMARTS) is 1. The lowest BCUT2D eigenvalue weighted by Crippen LogP contribution is -2.36. The Morgan fingerprint density at radius 2 is 1.63 bits per heavy atom. The van der Waals surface area contributed by atoms with Gasteiger partial charge in [-0.15, -0.1) is 0 Å². The standard InChI is InChI=1S/C26H30O4/c1-16(22(27)28)15-26(17-11-9-8-10-12-17)20-14-18(24(2,3)4)13-19(25(5,6)7)21(20)30-23(26)29/h8-14H,1,15H2,2-7H3,(H,27,28). The predicted molar refractivity (Wildman–Crippen MR) is 118 cm³/mol. The van der Waals surface area contributed by atoms with Gasteiger partial charge in [0.1, 0.15) is 11.2 Å². The SMILES string of the molecule is C=C(CC1(c2ccccc2)C(=O)Oc2c(C(C)(C)C)cc(C(C)(C)C)cc21)C(=O)O. The van der Waals surface area contributed by atoms with Crippen LogP contribution in [0.2, 0.25) is 0 Å². The van der Waals surface area contributed by atoms with Crippen LogP contribution in [0.3, 0.4) is 0 Å². The number of esters is 1. The van der Waals surface area contributed by atoms with Crippen LogP contribution in [0.15, 0.2) is 54.6 Å². The van der Waals surface area contributed by atoms with Crippen LogP contribution in [0.5, 0.6) is 5.75 Å². The molecule has 0 amide bonds. The van der Waals surface area contributed by atoms with Crippen LogP contribution in [0, 0.1) is 0 Å². The van der Waals surface area contributed by atoms with Gasteiger partial charge in [0.15, 0.2) is 0 Å². The first-order chi connectivity index (χ1) is 13.8. The van der Waals surface area contributed by atoms with E-state index in [0.29, 0.717) is 11.3 Å². The smallest absolute Gasteiger partial charge is 0.331 e. The summed E-state index contributed by atoms with van der Waals surface area (Å²) in [7, 11) is 0. The monoisotopic (exact) mass is 406 g/mol. The number of hydrogen-bond acceptors (Lipinski definition) is 3. The molecule has 4 heteroatoms. The molecule has 1 N–H and O–H groups in total. The molecule has 0 aliphatic carbocycles. The van der Waals surface area contributed by atoms with E-state index in [9.17, 15) is 14.7 Å². The molecule has 1 aliphatic heterocycles. The molecule has 0 aromatic heterocycles. The van der Waals surface area contributed by atoms with Gasteiger partial charge in [-0.05, 0) is 22.0 Å². The first-order valence-corrected chi connectivity index (χ1v) is 10.2. The van der Waals surface area contributed by atoms with Crippen LogP contribution in [0.1, 0.15) is 70.2 Å². The number of aliphatic carboxylic acids is 1. The maximum absolute atomic E-state index is 13.5. The zero-order chi connectivity index (χ0) is 22.5. The molecule has 0 spiro atoms. The Balaban J connectivity index is 2.42. The Kier molecular flexibility index (Phi) is 5.18. The zero-order valence-corrected chi connectivity index (χ0v) is 18.6. The molecule has 3 rings (SSSR count). The van der Waals surface area contributed by atoms with Gasteiger partial charge in [0.2, 0.25) is 0 Å². The first kappa shape index (κ1) is 21.8. The molecule has 0 bridgehead atoms. The summed E-state index contributed by atoms with van der Waals surface area (Å²) in [6.45, 7) is 16.4. The van der Waals surface area contributed by atoms with Crippen LogP contribution < -0.4 is 4.74 Å². The highest BCUT2D eigenvalue weighted by molar-refractivity contribution is 5.98. The third-order valence-electron chi connectivity index (χ3n) is 5.81. The molecule has 0 saturated carbocycles. The van der Waals surface area contributed by atoms with Crippen molar-refractivity contribution in [1.82, 2.24) is 0 Å². The summed E-state index contributed by atoms with van der Waals surface area (Å²) >= 11 is 0. The van der Waals surface area contributed by atoms with Gasteiger partial charge in [-0.1, -0.05) is 90.6 Å². The van der Waals surface area contributed by atoms with Crippen LogP contribution in [0.25, 0.3) is 0 Å². The predicted octanol–water partition coefficient (Wildman–Crippen LogP) is 5.52. The van der Waals surface area contributed by atoms with Crippen molar-refractivity contribution in [3.05, 3.63) is 76.9 Å². The van der Waals surface area contributed by atoms with E-state index in [1.807, 2.05) is 36.4 Å². The first-order valence-electron chi connectivity index (χ1n) is 10.2. The van der Waals surface area contributed by atoms with E-state index in [4.69, 9.17) is 4.74 Å². The van der Waals surface area contributed by atoms with Gasteiger partial charge < -0.3 is 9.84 Å². The number of ether oxygens (including phenoxy) is 1. The summed E-state index contributed by atoms with van der Waals surface area (Å²) < 4.78 is 5.91. The van der Waals surface area contributed by atoms with E-state index in [-0.39, 0.29) is 22.8 Å². The average Bonchev–Trinajstić information content (AvgIpc) is 2.92. The van der Waals surface area contributed by atoms with E-state index in [0.717, 1.165) is 16.7 Å². The second-order valence-corrected chi connectivity index (χ2v) is 10.1. The molecule has 1 atom stereocenters. The second-order valence-electron chi connectivity index (χ2n) is 10.1. The Labute approximate surface area is 178 Å². The molecular formula is C26H30O4. The van der Waals surface area contributed by atoms with Crippen molar-refractivity contribution >= 4 is 11.9 Å². The van der Waals surface area contributed by atoms with Gasteiger partial charge in [0.05, 0.1) is 0 Å². The fourth-order valence-electron chi connectivity index (χ4n) is 4.00. The van der Waals surface area contributed by atoms with E-state index in [1.54, 1.807) is 0 Å². The van der Waals surface area contributed by atoms with Crippen molar-refractivity contribution < 1.29 is 19.4 Å². The van der Waals surface area contributed by atoms with E-state index < -0.39 is 17.4 Å². The summed E-state index contributed by atoms with van der Waals surface area (Å²) in [5.74, 6) is -1.03. The van der Waals surface area contributed by atoms with Crippen molar-refractivity contribution in [2.24, 2.45) is 0 Å². The van der Waals surface area contributed by atoms with Crippen LogP contribution in [-0.4, -0.2) is 17.0 Å². The third kappa shape index (κ3) is 3.55. The maximum atomic E-state index is 13.5. The minimum Gasteiger partial charge on any atom is -0.478 e. The van der Waals surface area contributed by atoms with E-state index in [2.05, 4.69) is 54.2 Å². The third-order valence-corrected chi connectivity index (χ3v) is 5.81. The minimum absolute atomic E-state index is 0.0258. The topological polar surface area (TPSA) is 63.6 Å². The molecule has 2 aromatic carbocycles.